The van der Waals surface area contributed by atoms with E-state index in [9.17, 15) is 4.79 Å². The van der Waals surface area contributed by atoms with E-state index in [1.54, 1.807) is 11.0 Å². The summed E-state index contributed by atoms with van der Waals surface area (Å²) in [5.74, 6) is 0.999. The Morgan fingerprint density at radius 2 is 2.53 bits per heavy atom. The number of carbonyl (C=O) groups is 1. The molecule has 1 amide bonds. The van der Waals surface area contributed by atoms with Gasteiger partial charge in [0, 0.05) is 13.1 Å². The summed E-state index contributed by atoms with van der Waals surface area (Å²) in [6.07, 6.45) is 4.11. The van der Waals surface area contributed by atoms with Crippen LogP contribution in [0.4, 0.5) is 0 Å². The molecule has 1 fully saturated rings. The zero-order valence-corrected chi connectivity index (χ0v) is 9.89. The van der Waals surface area contributed by atoms with Crippen LogP contribution in [0.2, 0.25) is 0 Å². The predicted octanol–water partition coefficient (Wildman–Crippen LogP) is 1.72. The maximum atomic E-state index is 12.1. The van der Waals surface area contributed by atoms with Gasteiger partial charge in [0.25, 0.3) is 11.8 Å². The highest BCUT2D eigenvalue weighted by molar-refractivity contribution is 5.91. The second-order valence-corrected chi connectivity index (χ2v) is 4.18. The van der Waals surface area contributed by atoms with E-state index in [0.717, 1.165) is 6.54 Å². The maximum Gasteiger partial charge on any atom is 0.292 e. The van der Waals surface area contributed by atoms with E-state index in [2.05, 4.69) is 11.7 Å². The van der Waals surface area contributed by atoms with Crippen LogP contribution in [0.15, 0.2) is 23.2 Å². The fourth-order valence-corrected chi connectivity index (χ4v) is 1.62. The van der Waals surface area contributed by atoms with Gasteiger partial charge in [-0.2, -0.15) is 0 Å². The molecule has 0 spiro atoms. The van der Waals surface area contributed by atoms with Gasteiger partial charge in [0.2, 0.25) is 5.76 Å². The molecule has 92 valence electrons. The maximum absolute atomic E-state index is 12.1. The predicted molar refractivity (Wildman–Crippen MR) is 61.9 cm³/mol. The summed E-state index contributed by atoms with van der Waals surface area (Å²) in [6, 6.07) is 1.51. The average molecular weight is 236 g/mol. The molecule has 0 atom stereocenters. The molecule has 0 unspecified atom stereocenters. The summed E-state index contributed by atoms with van der Waals surface area (Å²) >= 11 is 0. The average Bonchev–Trinajstić information content (AvgIpc) is 3.02. The Balaban J connectivity index is 2.05. The number of aromatic nitrogens is 1. The van der Waals surface area contributed by atoms with Crippen molar-refractivity contribution in [2.45, 2.75) is 12.8 Å². The van der Waals surface area contributed by atoms with E-state index in [-0.39, 0.29) is 11.7 Å². The molecule has 5 heteroatoms. The Hall–Kier alpha value is -1.78. The van der Waals surface area contributed by atoms with Crippen LogP contribution in [-0.4, -0.2) is 36.2 Å². The monoisotopic (exact) mass is 236 g/mol. The Morgan fingerprint density at radius 3 is 3.06 bits per heavy atom. The number of amides is 1. The molecule has 5 nitrogen and oxygen atoms in total. The van der Waals surface area contributed by atoms with E-state index in [1.807, 2.05) is 0 Å². The minimum absolute atomic E-state index is 0.160. The van der Waals surface area contributed by atoms with Gasteiger partial charge in [-0.25, -0.2) is 0 Å². The number of hydrogen-bond acceptors (Lipinski definition) is 4. The molecule has 2 rings (SSSR count). The molecule has 0 aliphatic heterocycles. The van der Waals surface area contributed by atoms with Crippen molar-refractivity contribution in [1.82, 2.24) is 10.1 Å². The standard InChI is InChI=1S/C12H16N2O3/c1-3-6-14(8-9-4-5-9)12(15)10-7-11(16-2)13-17-10/h3,7,9H,1,4-6,8H2,2H3. The lowest BCUT2D eigenvalue weighted by atomic mass is 10.3. The van der Waals surface area contributed by atoms with Gasteiger partial charge < -0.3 is 14.2 Å². The van der Waals surface area contributed by atoms with Crippen molar-refractivity contribution >= 4 is 5.91 Å². The fraction of sp³-hybridized carbons (Fsp3) is 0.500. The zero-order valence-electron chi connectivity index (χ0n) is 9.89. The van der Waals surface area contributed by atoms with Crippen LogP contribution < -0.4 is 4.74 Å². The van der Waals surface area contributed by atoms with Crippen LogP contribution >= 0.6 is 0 Å². The molecule has 17 heavy (non-hydrogen) atoms. The Kier molecular flexibility index (Phi) is 3.46. The molecular weight excluding hydrogens is 220 g/mol. The van der Waals surface area contributed by atoms with Crippen molar-refractivity contribution in [3.8, 4) is 5.88 Å². The van der Waals surface area contributed by atoms with Crippen molar-refractivity contribution in [1.29, 1.82) is 0 Å². The highest BCUT2D eigenvalue weighted by atomic mass is 16.5. The number of ether oxygens (including phenoxy) is 1. The van der Waals surface area contributed by atoms with Crippen molar-refractivity contribution in [3.63, 3.8) is 0 Å². The summed E-state index contributed by atoms with van der Waals surface area (Å²) in [6.45, 7) is 4.94. The molecule has 1 aliphatic carbocycles. The minimum atomic E-state index is -0.160. The zero-order chi connectivity index (χ0) is 12.3. The third-order valence-electron chi connectivity index (χ3n) is 2.72. The lowest BCUT2D eigenvalue weighted by molar-refractivity contribution is 0.0724. The molecule has 1 heterocycles. The van der Waals surface area contributed by atoms with Gasteiger partial charge in [0.1, 0.15) is 0 Å². The number of nitrogens with zero attached hydrogens (tertiary/aromatic N) is 2. The van der Waals surface area contributed by atoms with Crippen LogP contribution in [0.5, 0.6) is 5.88 Å². The molecule has 0 N–H and O–H groups in total. The van der Waals surface area contributed by atoms with Crippen molar-refractivity contribution in [2.75, 3.05) is 20.2 Å². The Morgan fingerprint density at radius 1 is 1.76 bits per heavy atom. The molecule has 0 bridgehead atoms. The van der Waals surface area contributed by atoms with Gasteiger partial charge in [-0.1, -0.05) is 6.08 Å². The third kappa shape index (κ3) is 2.87. The largest absolute Gasteiger partial charge is 0.479 e. The highest BCUT2D eigenvalue weighted by Gasteiger charge is 2.28. The van der Waals surface area contributed by atoms with Crippen LogP contribution in [0.25, 0.3) is 0 Å². The molecular formula is C12H16N2O3. The van der Waals surface area contributed by atoms with Gasteiger partial charge in [0.15, 0.2) is 0 Å². The van der Waals surface area contributed by atoms with Crippen LogP contribution in [0.3, 0.4) is 0 Å². The summed E-state index contributed by atoms with van der Waals surface area (Å²) < 4.78 is 9.83. The van der Waals surface area contributed by atoms with E-state index in [1.165, 1.54) is 26.0 Å². The van der Waals surface area contributed by atoms with Crippen LogP contribution in [-0.2, 0) is 0 Å². The minimum Gasteiger partial charge on any atom is -0.479 e. The lowest BCUT2D eigenvalue weighted by Gasteiger charge is -2.18. The molecule has 0 radical (unpaired) electrons. The first-order valence-electron chi connectivity index (χ1n) is 5.65. The number of rotatable bonds is 6. The van der Waals surface area contributed by atoms with Crippen LogP contribution in [0, 0.1) is 5.92 Å². The first-order chi connectivity index (χ1) is 8.24. The summed E-state index contributed by atoms with van der Waals surface area (Å²) in [5.41, 5.74) is 0. The SMILES string of the molecule is C=CCN(CC1CC1)C(=O)c1cc(OC)no1. The molecule has 1 aliphatic rings. The van der Waals surface area contributed by atoms with Gasteiger partial charge >= 0.3 is 0 Å². The van der Waals surface area contributed by atoms with Gasteiger partial charge in [-0.05, 0) is 23.9 Å². The molecule has 0 saturated heterocycles. The third-order valence-corrected chi connectivity index (χ3v) is 2.72. The highest BCUT2D eigenvalue weighted by Crippen LogP contribution is 2.30. The van der Waals surface area contributed by atoms with E-state index < -0.39 is 0 Å². The first kappa shape index (κ1) is 11.7. The summed E-state index contributed by atoms with van der Waals surface area (Å²) in [4.78, 5) is 13.8. The summed E-state index contributed by atoms with van der Waals surface area (Å²) in [5, 5.41) is 3.62. The molecule has 1 aromatic rings. The first-order valence-corrected chi connectivity index (χ1v) is 5.65. The Labute approximate surface area is 100 Å². The Bertz CT molecular complexity index is 410. The van der Waals surface area contributed by atoms with E-state index >= 15 is 0 Å². The van der Waals surface area contributed by atoms with Crippen LogP contribution in [0.1, 0.15) is 23.4 Å². The van der Waals surface area contributed by atoms with Crippen molar-refractivity contribution < 1.29 is 14.1 Å². The quantitative estimate of drug-likeness (QED) is 0.706. The second kappa shape index (κ2) is 5.03. The molecule has 0 aromatic carbocycles. The second-order valence-electron chi connectivity index (χ2n) is 4.18. The van der Waals surface area contributed by atoms with Gasteiger partial charge in [-0.15, -0.1) is 6.58 Å². The van der Waals surface area contributed by atoms with Gasteiger partial charge in [0.05, 0.1) is 13.2 Å². The normalized spacial score (nSPS) is 14.4. The fourth-order valence-electron chi connectivity index (χ4n) is 1.62. The van der Waals surface area contributed by atoms with E-state index in [0.29, 0.717) is 18.3 Å². The molecule has 1 saturated carbocycles. The molecule has 1 aromatic heterocycles. The van der Waals surface area contributed by atoms with Crippen molar-refractivity contribution in [2.24, 2.45) is 5.92 Å². The van der Waals surface area contributed by atoms with Gasteiger partial charge in [-0.3, -0.25) is 4.79 Å². The summed E-state index contributed by atoms with van der Waals surface area (Å²) in [7, 11) is 1.48. The van der Waals surface area contributed by atoms with E-state index in [4.69, 9.17) is 9.26 Å². The lowest BCUT2D eigenvalue weighted by Crippen LogP contribution is -2.32. The number of methoxy groups -OCH3 is 1. The topological polar surface area (TPSA) is 55.6 Å². The number of hydrogen-bond donors (Lipinski definition) is 0. The van der Waals surface area contributed by atoms with Crippen molar-refractivity contribution in [3.05, 3.63) is 24.5 Å². The smallest absolute Gasteiger partial charge is 0.292 e. The number of carbonyl (C=O) groups excluding carboxylic acids is 1.